The molecular weight excluding hydrogens is 283 g/mol. The number of nitrogens with two attached hydrogens (primary N) is 1. The molecule has 1 aromatic heterocycles. The van der Waals surface area contributed by atoms with E-state index in [2.05, 4.69) is 12.0 Å². The smallest absolute Gasteiger partial charge is 0.274 e. The predicted molar refractivity (Wildman–Crippen MR) is 82.3 cm³/mol. The van der Waals surface area contributed by atoms with Crippen molar-refractivity contribution in [3.8, 4) is 5.69 Å². The third-order valence-electron chi connectivity index (χ3n) is 4.09. The van der Waals surface area contributed by atoms with Crippen LogP contribution in [0.25, 0.3) is 5.69 Å². The van der Waals surface area contributed by atoms with Crippen LogP contribution in [0.4, 0.5) is 10.2 Å². The van der Waals surface area contributed by atoms with E-state index in [0.29, 0.717) is 17.2 Å². The van der Waals surface area contributed by atoms with E-state index in [4.69, 9.17) is 5.73 Å². The number of carbonyl (C=O) groups is 1. The van der Waals surface area contributed by atoms with Gasteiger partial charge in [-0.05, 0) is 50.5 Å². The molecule has 1 amide bonds. The Morgan fingerprint density at radius 3 is 2.73 bits per heavy atom. The highest BCUT2D eigenvalue weighted by molar-refractivity contribution is 5.93. The normalized spacial score (nSPS) is 18.5. The van der Waals surface area contributed by atoms with Gasteiger partial charge in [0.2, 0.25) is 0 Å². The Hall–Kier alpha value is -2.37. The first kappa shape index (κ1) is 14.6. The zero-order valence-corrected chi connectivity index (χ0v) is 12.5. The van der Waals surface area contributed by atoms with E-state index in [1.165, 1.54) is 16.8 Å². The summed E-state index contributed by atoms with van der Waals surface area (Å²) in [5, 5.41) is 4.30. The minimum atomic E-state index is -0.326. The van der Waals surface area contributed by atoms with Gasteiger partial charge in [-0.25, -0.2) is 9.07 Å². The maximum atomic E-state index is 13.0. The number of amides is 1. The molecule has 1 aliphatic rings. The lowest BCUT2D eigenvalue weighted by atomic mass is 10.0. The third kappa shape index (κ3) is 2.68. The number of likely N-dealkylation sites (tertiary alicyclic amines) is 1. The molecule has 1 saturated heterocycles. The lowest BCUT2D eigenvalue weighted by molar-refractivity contribution is 0.0629. The van der Waals surface area contributed by atoms with Crippen LogP contribution in [-0.2, 0) is 0 Å². The van der Waals surface area contributed by atoms with Crippen molar-refractivity contribution >= 4 is 11.7 Å². The van der Waals surface area contributed by atoms with E-state index in [1.54, 1.807) is 18.2 Å². The second-order valence-electron chi connectivity index (χ2n) is 5.69. The molecule has 0 bridgehead atoms. The molecule has 0 spiro atoms. The summed E-state index contributed by atoms with van der Waals surface area (Å²) in [5.41, 5.74) is 6.91. The Labute approximate surface area is 128 Å². The van der Waals surface area contributed by atoms with Gasteiger partial charge in [0.1, 0.15) is 11.6 Å². The number of aromatic nitrogens is 2. The molecule has 2 aromatic rings. The first-order valence-electron chi connectivity index (χ1n) is 7.48. The number of benzene rings is 1. The molecule has 22 heavy (non-hydrogen) atoms. The van der Waals surface area contributed by atoms with Crippen LogP contribution >= 0.6 is 0 Å². The van der Waals surface area contributed by atoms with E-state index in [1.807, 2.05) is 4.90 Å². The summed E-state index contributed by atoms with van der Waals surface area (Å²) < 4.78 is 14.5. The van der Waals surface area contributed by atoms with Gasteiger partial charge >= 0.3 is 0 Å². The van der Waals surface area contributed by atoms with Gasteiger partial charge in [-0.3, -0.25) is 4.79 Å². The zero-order valence-electron chi connectivity index (χ0n) is 12.5. The van der Waals surface area contributed by atoms with Crippen molar-refractivity contribution in [2.45, 2.75) is 32.2 Å². The molecule has 6 heteroatoms. The first-order chi connectivity index (χ1) is 10.6. The number of rotatable bonds is 2. The molecule has 3 rings (SSSR count). The van der Waals surface area contributed by atoms with Crippen LogP contribution in [0.15, 0.2) is 30.3 Å². The first-order valence-corrected chi connectivity index (χ1v) is 7.48. The number of hydrogen-bond acceptors (Lipinski definition) is 3. The fourth-order valence-corrected chi connectivity index (χ4v) is 2.84. The summed E-state index contributed by atoms with van der Waals surface area (Å²) in [6, 6.07) is 7.63. The molecule has 116 valence electrons. The molecule has 1 unspecified atom stereocenters. The van der Waals surface area contributed by atoms with Crippen LogP contribution in [0.1, 0.15) is 36.7 Å². The van der Waals surface area contributed by atoms with Gasteiger partial charge < -0.3 is 10.6 Å². The third-order valence-corrected chi connectivity index (χ3v) is 4.09. The van der Waals surface area contributed by atoms with Gasteiger partial charge in [-0.1, -0.05) is 0 Å². The summed E-state index contributed by atoms with van der Waals surface area (Å²) in [6.45, 7) is 2.81. The number of nitrogens with zero attached hydrogens (tertiary/aromatic N) is 3. The maximum absolute atomic E-state index is 13.0. The Kier molecular flexibility index (Phi) is 3.83. The summed E-state index contributed by atoms with van der Waals surface area (Å²) in [4.78, 5) is 14.4. The predicted octanol–water partition coefficient (Wildman–Crippen LogP) is 2.61. The molecule has 2 N–H and O–H groups in total. The largest absolute Gasteiger partial charge is 0.384 e. The molecule has 1 aromatic carbocycles. The molecule has 5 nitrogen and oxygen atoms in total. The molecule has 1 atom stereocenters. The van der Waals surface area contributed by atoms with Crippen LogP contribution in [0.3, 0.4) is 0 Å². The summed E-state index contributed by atoms with van der Waals surface area (Å²) >= 11 is 0. The van der Waals surface area contributed by atoms with Crippen molar-refractivity contribution in [1.82, 2.24) is 14.7 Å². The Balaban J connectivity index is 1.88. The van der Waals surface area contributed by atoms with E-state index >= 15 is 0 Å². The van der Waals surface area contributed by atoms with Crippen molar-refractivity contribution in [3.05, 3.63) is 41.8 Å². The van der Waals surface area contributed by atoms with E-state index in [9.17, 15) is 9.18 Å². The summed E-state index contributed by atoms with van der Waals surface area (Å²) in [5.74, 6) is -0.0627. The van der Waals surface area contributed by atoms with Gasteiger partial charge in [0.05, 0.1) is 5.69 Å². The highest BCUT2D eigenvalue weighted by Crippen LogP contribution is 2.21. The molecule has 0 aliphatic carbocycles. The number of halogens is 1. The van der Waals surface area contributed by atoms with Gasteiger partial charge in [0.25, 0.3) is 5.91 Å². The minimum Gasteiger partial charge on any atom is -0.384 e. The SMILES string of the molecule is CC1CCCCN1C(=O)c1cc(N)n(-c2ccc(F)cc2)n1. The molecule has 0 radical (unpaired) electrons. The summed E-state index contributed by atoms with van der Waals surface area (Å²) in [6.07, 6.45) is 3.18. The fraction of sp³-hybridized carbons (Fsp3) is 0.375. The van der Waals surface area contributed by atoms with Crippen LogP contribution in [0, 0.1) is 5.82 Å². The second-order valence-corrected chi connectivity index (χ2v) is 5.69. The fourth-order valence-electron chi connectivity index (χ4n) is 2.84. The molecule has 1 fully saturated rings. The van der Waals surface area contributed by atoms with Crippen LogP contribution < -0.4 is 5.73 Å². The monoisotopic (exact) mass is 302 g/mol. The number of hydrogen-bond donors (Lipinski definition) is 1. The summed E-state index contributed by atoms with van der Waals surface area (Å²) in [7, 11) is 0. The van der Waals surface area contributed by atoms with Crippen molar-refractivity contribution in [1.29, 1.82) is 0 Å². The van der Waals surface area contributed by atoms with Crippen molar-refractivity contribution in [3.63, 3.8) is 0 Å². The number of carbonyl (C=O) groups excluding carboxylic acids is 1. The molecular formula is C16H19FN4O. The molecule has 0 saturated carbocycles. The van der Waals surface area contributed by atoms with Crippen LogP contribution in [0.2, 0.25) is 0 Å². The van der Waals surface area contributed by atoms with Gasteiger partial charge in [0, 0.05) is 18.7 Å². The molecule has 1 aliphatic heterocycles. The van der Waals surface area contributed by atoms with Crippen LogP contribution in [0.5, 0.6) is 0 Å². The maximum Gasteiger partial charge on any atom is 0.274 e. The van der Waals surface area contributed by atoms with E-state index in [0.717, 1.165) is 25.8 Å². The van der Waals surface area contributed by atoms with Gasteiger partial charge in [0.15, 0.2) is 5.69 Å². The Morgan fingerprint density at radius 1 is 1.32 bits per heavy atom. The quantitative estimate of drug-likeness (QED) is 0.927. The van der Waals surface area contributed by atoms with Gasteiger partial charge in [-0.15, -0.1) is 0 Å². The van der Waals surface area contributed by atoms with Crippen molar-refractivity contribution < 1.29 is 9.18 Å². The lowest BCUT2D eigenvalue weighted by Crippen LogP contribution is -2.42. The van der Waals surface area contributed by atoms with Crippen LogP contribution in [-0.4, -0.2) is 33.2 Å². The highest BCUT2D eigenvalue weighted by atomic mass is 19.1. The average Bonchev–Trinajstić information content (AvgIpc) is 2.90. The number of nitrogen functional groups attached to an aromatic ring is 1. The minimum absolute atomic E-state index is 0.0974. The Bertz CT molecular complexity index is 680. The number of piperidine rings is 1. The van der Waals surface area contributed by atoms with Crippen molar-refractivity contribution in [2.24, 2.45) is 0 Å². The zero-order chi connectivity index (χ0) is 15.7. The topological polar surface area (TPSA) is 64.2 Å². The average molecular weight is 302 g/mol. The highest BCUT2D eigenvalue weighted by Gasteiger charge is 2.26. The number of anilines is 1. The Morgan fingerprint density at radius 2 is 2.05 bits per heavy atom. The lowest BCUT2D eigenvalue weighted by Gasteiger charge is -2.32. The van der Waals surface area contributed by atoms with Gasteiger partial charge in [-0.2, -0.15) is 5.10 Å². The second kappa shape index (κ2) is 5.79. The van der Waals surface area contributed by atoms with E-state index < -0.39 is 0 Å². The van der Waals surface area contributed by atoms with Crippen molar-refractivity contribution in [2.75, 3.05) is 12.3 Å². The van der Waals surface area contributed by atoms with E-state index in [-0.39, 0.29) is 17.8 Å². The molecule has 2 heterocycles. The standard InChI is InChI=1S/C16H19FN4O/c1-11-4-2-3-9-20(11)16(22)14-10-15(18)21(19-14)13-7-5-12(17)6-8-13/h5-8,10-11H,2-4,9,18H2,1H3.